The summed E-state index contributed by atoms with van der Waals surface area (Å²) in [5.74, 6) is -0.410. The van der Waals surface area contributed by atoms with Gasteiger partial charge in [0.15, 0.2) is 0 Å². The number of aryl methyl sites for hydroxylation is 1. The average Bonchev–Trinajstić information content (AvgIpc) is 3.33. The largest absolute Gasteiger partial charge is 0.391 e. The van der Waals surface area contributed by atoms with Crippen LogP contribution in [-0.4, -0.2) is 63.4 Å². The maximum atomic E-state index is 13.2. The molecular weight excluding hydrogens is 406 g/mol. The normalized spacial score (nSPS) is 20.8. The van der Waals surface area contributed by atoms with Crippen molar-refractivity contribution in [2.75, 3.05) is 13.6 Å². The third-order valence-electron chi connectivity index (χ3n) is 6.15. The highest BCUT2D eigenvalue weighted by Gasteiger charge is 2.43. The number of likely N-dealkylation sites (tertiary alicyclic amines) is 1. The highest BCUT2D eigenvalue weighted by Crippen LogP contribution is 2.27. The summed E-state index contributed by atoms with van der Waals surface area (Å²) in [6.45, 7) is 8.01. The molecule has 1 fully saturated rings. The van der Waals surface area contributed by atoms with E-state index in [4.69, 9.17) is 0 Å². The Morgan fingerprint density at radius 1 is 1.19 bits per heavy atom. The number of nitrogens with one attached hydrogen (secondary N) is 2. The molecule has 0 saturated carbocycles. The van der Waals surface area contributed by atoms with E-state index in [9.17, 15) is 14.7 Å². The van der Waals surface area contributed by atoms with Crippen molar-refractivity contribution in [3.05, 3.63) is 42.1 Å². The Bertz CT molecular complexity index is 947. The van der Waals surface area contributed by atoms with E-state index in [1.165, 1.54) is 4.90 Å². The molecule has 0 spiro atoms. The number of carbonyl (C=O) groups is 2. The topological polar surface area (TPSA) is 99.5 Å². The van der Waals surface area contributed by atoms with Crippen molar-refractivity contribution >= 4 is 11.8 Å². The number of aliphatic hydroxyl groups excluding tert-OH is 1. The minimum absolute atomic E-state index is 0.162. The zero-order valence-electron chi connectivity index (χ0n) is 19.8. The fourth-order valence-electron chi connectivity index (χ4n) is 4.39. The first-order valence-electron chi connectivity index (χ1n) is 11.1. The van der Waals surface area contributed by atoms with Crippen LogP contribution in [0, 0.1) is 5.41 Å². The minimum atomic E-state index is -0.708. The van der Waals surface area contributed by atoms with E-state index in [0.717, 1.165) is 16.8 Å². The number of hydrogen-bond acceptors (Lipinski definition) is 5. The van der Waals surface area contributed by atoms with Crippen LogP contribution in [0.25, 0.3) is 11.3 Å². The van der Waals surface area contributed by atoms with E-state index in [-0.39, 0.29) is 36.2 Å². The van der Waals surface area contributed by atoms with Crippen LogP contribution in [-0.2, 0) is 16.6 Å². The van der Waals surface area contributed by atoms with Gasteiger partial charge in [-0.1, -0.05) is 45.0 Å². The molecule has 8 heteroatoms. The number of benzene rings is 1. The molecule has 2 amide bonds. The van der Waals surface area contributed by atoms with E-state index in [1.54, 1.807) is 13.2 Å². The Labute approximate surface area is 190 Å². The Morgan fingerprint density at radius 2 is 1.84 bits per heavy atom. The molecule has 3 N–H and O–H groups in total. The van der Waals surface area contributed by atoms with Gasteiger partial charge >= 0.3 is 0 Å². The molecule has 1 aliphatic rings. The standard InChI is InChI=1S/C24H35N5O3/c1-15(16-7-9-17(10-8-16)19-11-12-26-28(19)6)27-22(31)20-13-18(30)14-29(20)23(32)21(25-5)24(2,3)4/h7-12,15,18,20-21,25,30H,13-14H2,1-6H3,(H,27,31)/t15-,18+,20-,21?/m0/s1. The van der Waals surface area contributed by atoms with Crippen molar-refractivity contribution < 1.29 is 14.7 Å². The minimum Gasteiger partial charge on any atom is -0.391 e. The molecule has 0 bridgehead atoms. The van der Waals surface area contributed by atoms with Crippen LogP contribution in [0.4, 0.5) is 0 Å². The van der Waals surface area contributed by atoms with E-state index < -0.39 is 18.2 Å². The molecule has 0 aliphatic carbocycles. The lowest BCUT2D eigenvalue weighted by molar-refractivity contribution is -0.142. The van der Waals surface area contributed by atoms with Crippen LogP contribution in [0.5, 0.6) is 0 Å². The lowest BCUT2D eigenvalue weighted by atomic mass is 9.86. The van der Waals surface area contributed by atoms with Crippen LogP contribution < -0.4 is 10.6 Å². The van der Waals surface area contributed by atoms with Gasteiger partial charge in [-0.3, -0.25) is 14.3 Å². The van der Waals surface area contributed by atoms with Gasteiger partial charge in [-0.25, -0.2) is 0 Å². The first kappa shape index (κ1) is 23.9. The SMILES string of the molecule is CNC(C(=O)N1C[C@H](O)C[C@H]1C(=O)N[C@@H](C)c1ccc(-c2ccnn2C)cc1)C(C)(C)C. The number of aliphatic hydroxyl groups is 1. The summed E-state index contributed by atoms with van der Waals surface area (Å²) in [7, 11) is 3.64. The van der Waals surface area contributed by atoms with Gasteiger partial charge in [0.05, 0.1) is 23.9 Å². The quantitative estimate of drug-likeness (QED) is 0.636. The number of hydrogen-bond donors (Lipinski definition) is 3. The summed E-state index contributed by atoms with van der Waals surface area (Å²) in [5, 5.41) is 20.5. The Kier molecular flexibility index (Phi) is 7.05. The molecule has 0 radical (unpaired) electrons. The van der Waals surface area contributed by atoms with Crippen molar-refractivity contribution in [3.63, 3.8) is 0 Å². The number of rotatable bonds is 6. The second-order valence-corrected chi connectivity index (χ2v) is 9.68. The zero-order chi connectivity index (χ0) is 23.6. The predicted octanol–water partition coefficient (Wildman–Crippen LogP) is 1.86. The van der Waals surface area contributed by atoms with Gasteiger partial charge in [0, 0.05) is 26.2 Å². The monoisotopic (exact) mass is 441 g/mol. The number of likely N-dealkylation sites (N-methyl/N-ethyl adjacent to an activating group) is 1. The molecule has 1 aromatic heterocycles. The second kappa shape index (κ2) is 9.42. The van der Waals surface area contributed by atoms with Crippen LogP contribution in [0.1, 0.15) is 45.7 Å². The van der Waals surface area contributed by atoms with Gasteiger partial charge in [0.2, 0.25) is 11.8 Å². The summed E-state index contributed by atoms with van der Waals surface area (Å²) in [6.07, 6.45) is 1.29. The first-order valence-corrected chi connectivity index (χ1v) is 11.1. The molecule has 1 saturated heterocycles. The molecule has 32 heavy (non-hydrogen) atoms. The van der Waals surface area contributed by atoms with E-state index in [2.05, 4.69) is 15.7 Å². The smallest absolute Gasteiger partial charge is 0.243 e. The zero-order valence-corrected chi connectivity index (χ0v) is 19.8. The van der Waals surface area contributed by atoms with Crippen molar-refractivity contribution in [1.82, 2.24) is 25.3 Å². The summed E-state index contributed by atoms with van der Waals surface area (Å²) in [4.78, 5) is 27.8. The molecule has 1 aliphatic heterocycles. The summed E-state index contributed by atoms with van der Waals surface area (Å²) < 4.78 is 1.81. The lowest BCUT2D eigenvalue weighted by Gasteiger charge is -2.34. The van der Waals surface area contributed by atoms with Gasteiger partial charge in [-0.2, -0.15) is 5.10 Å². The third-order valence-corrected chi connectivity index (χ3v) is 6.15. The van der Waals surface area contributed by atoms with Gasteiger partial charge < -0.3 is 20.6 Å². The number of nitrogens with zero attached hydrogens (tertiary/aromatic N) is 3. The average molecular weight is 442 g/mol. The van der Waals surface area contributed by atoms with E-state index in [1.807, 2.05) is 69.8 Å². The summed E-state index contributed by atoms with van der Waals surface area (Å²) in [6, 6.07) is 8.56. The van der Waals surface area contributed by atoms with E-state index >= 15 is 0 Å². The molecule has 1 unspecified atom stereocenters. The second-order valence-electron chi connectivity index (χ2n) is 9.68. The number of amides is 2. The maximum Gasteiger partial charge on any atom is 0.243 e. The van der Waals surface area contributed by atoms with Crippen LogP contribution in [0.3, 0.4) is 0 Å². The summed E-state index contributed by atoms with van der Waals surface area (Å²) >= 11 is 0. The first-order chi connectivity index (χ1) is 15.0. The summed E-state index contributed by atoms with van der Waals surface area (Å²) in [5.41, 5.74) is 2.70. The molecular formula is C24H35N5O3. The van der Waals surface area contributed by atoms with Crippen LogP contribution >= 0.6 is 0 Å². The fraction of sp³-hybridized carbons (Fsp3) is 0.542. The third kappa shape index (κ3) is 5.02. The van der Waals surface area contributed by atoms with E-state index in [0.29, 0.717) is 0 Å². The van der Waals surface area contributed by atoms with Crippen LogP contribution in [0.2, 0.25) is 0 Å². The Balaban J connectivity index is 1.70. The number of aromatic nitrogens is 2. The molecule has 2 heterocycles. The molecule has 3 rings (SSSR count). The van der Waals surface area contributed by atoms with Gasteiger partial charge in [0.25, 0.3) is 0 Å². The van der Waals surface area contributed by atoms with Gasteiger partial charge in [-0.15, -0.1) is 0 Å². The molecule has 4 atom stereocenters. The van der Waals surface area contributed by atoms with Gasteiger partial charge in [-0.05, 0) is 36.6 Å². The van der Waals surface area contributed by atoms with Crippen LogP contribution in [0.15, 0.2) is 36.5 Å². The highest BCUT2D eigenvalue weighted by molar-refractivity contribution is 5.91. The number of β-amino-alcohol motifs (C(OH)–C–C–N with tert-alkyl or cyclic N) is 1. The predicted molar refractivity (Wildman–Crippen MR) is 124 cm³/mol. The van der Waals surface area contributed by atoms with Crippen molar-refractivity contribution in [2.45, 2.75) is 58.3 Å². The van der Waals surface area contributed by atoms with Crippen molar-refractivity contribution in [2.24, 2.45) is 12.5 Å². The van der Waals surface area contributed by atoms with Crippen molar-refractivity contribution in [1.29, 1.82) is 0 Å². The highest BCUT2D eigenvalue weighted by atomic mass is 16.3. The molecule has 8 nitrogen and oxygen atoms in total. The number of carbonyl (C=O) groups excluding carboxylic acids is 2. The lowest BCUT2D eigenvalue weighted by Crippen LogP contribution is -2.56. The molecule has 1 aromatic carbocycles. The fourth-order valence-corrected chi connectivity index (χ4v) is 4.39. The maximum absolute atomic E-state index is 13.2. The van der Waals surface area contributed by atoms with Gasteiger partial charge in [0.1, 0.15) is 6.04 Å². The molecule has 174 valence electrons. The molecule has 2 aromatic rings. The Morgan fingerprint density at radius 3 is 2.38 bits per heavy atom. The van der Waals surface area contributed by atoms with Crippen molar-refractivity contribution in [3.8, 4) is 11.3 Å². The Hall–Kier alpha value is -2.71.